The van der Waals surface area contributed by atoms with Crippen molar-refractivity contribution in [2.45, 2.75) is 6.42 Å². The monoisotopic (exact) mass is 376 g/mol. The van der Waals surface area contributed by atoms with Crippen molar-refractivity contribution in [3.63, 3.8) is 0 Å². The number of nitro groups is 1. The van der Waals surface area contributed by atoms with Crippen molar-refractivity contribution in [1.82, 2.24) is 4.90 Å². The molecular formula is C12H13IN2O4. The molecule has 102 valence electrons. The lowest BCUT2D eigenvalue weighted by Crippen LogP contribution is -2.33. The van der Waals surface area contributed by atoms with Crippen molar-refractivity contribution in [3.8, 4) is 0 Å². The minimum atomic E-state index is -0.488. The predicted octanol–water partition coefficient (Wildman–Crippen LogP) is 2.06. The lowest BCUT2D eigenvalue weighted by Gasteiger charge is -2.20. The highest BCUT2D eigenvalue weighted by Crippen LogP contribution is 2.21. The number of amides is 1. The van der Waals surface area contributed by atoms with E-state index in [0.717, 1.165) is 9.99 Å². The molecule has 0 radical (unpaired) electrons. The average molecular weight is 376 g/mol. The first-order valence-electron chi connectivity index (χ1n) is 5.90. The molecule has 0 spiro atoms. The van der Waals surface area contributed by atoms with Crippen molar-refractivity contribution in [1.29, 1.82) is 0 Å². The summed E-state index contributed by atoms with van der Waals surface area (Å²) in [5.41, 5.74) is 0.325. The van der Waals surface area contributed by atoms with Crippen LogP contribution in [0.1, 0.15) is 16.8 Å². The van der Waals surface area contributed by atoms with E-state index in [2.05, 4.69) is 0 Å². The van der Waals surface area contributed by atoms with Crippen LogP contribution in [0.3, 0.4) is 0 Å². The lowest BCUT2D eigenvalue weighted by atomic mass is 10.1. The molecule has 0 unspecified atom stereocenters. The van der Waals surface area contributed by atoms with Gasteiger partial charge >= 0.3 is 0 Å². The van der Waals surface area contributed by atoms with Crippen molar-refractivity contribution in [3.05, 3.63) is 37.4 Å². The van der Waals surface area contributed by atoms with Gasteiger partial charge in [0.05, 0.1) is 17.1 Å². The molecule has 1 aromatic carbocycles. The summed E-state index contributed by atoms with van der Waals surface area (Å²) in [4.78, 5) is 24.4. The van der Waals surface area contributed by atoms with Crippen molar-refractivity contribution >= 4 is 34.2 Å². The Morgan fingerprint density at radius 3 is 2.89 bits per heavy atom. The predicted molar refractivity (Wildman–Crippen MR) is 77.2 cm³/mol. The maximum absolute atomic E-state index is 12.4. The third-order valence-electron chi connectivity index (χ3n) is 2.90. The van der Waals surface area contributed by atoms with Crippen molar-refractivity contribution < 1.29 is 14.5 Å². The number of hydrogen-bond acceptors (Lipinski definition) is 4. The van der Waals surface area contributed by atoms with E-state index < -0.39 is 4.92 Å². The maximum atomic E-state index is 12.4. The zero-order chi connectivity index (χ0) is 13.8. The molecule has 1 aliphatic rings. The highest BCUT2D eigenvalue weighted by atomic mass is 127. The molecule has 1 saturated heterocycles. The van der Waals surface area contributed by atoms with Gasteiger partial charge in [-0.2, -0.15) is 0 Å². The van der Waals surface area contributed by atoms with E-state index in [9.17, 15) is 14.9 Å². The first-order chi connectivity index (χ1) is 9.09. The number of carbonyl (C=O) groups excluding carboxylic acids is 1. The third kappa shape index (κ3) is 3.41. The topological polar surface area (TPSA) is 72.7 Å². The maximum Gasteiger partial charge on any atom is 0.270 e. The fourth-order valence-corrected chi connectivity index (χ4v) is 2.48. The van der Waals surface area contributed by atoms with Crippen LogP contribution in [0, 0.1) is 13.7 Å². The Morgan fingerprint density at radius 2 is 2.16 bits per heavy atom. The van der Waals surface area contributed by atoms with Crippen LogP contribution < -0.4 is 0 Å². The first kappa shape index (κ1) is 14.2. The minimum absolute atomic E-state index is 0.0603. The molecule has 1 fully saturated rings. The number of benzene rings is 1. The van der Waals surface area contributed by atoms with Crippen LogP contribution in [0.5, 0.6) is 0 Å². The molecule has 0 saturated carbocycles. The van der Waals surface area contributed by atoms with E-state index in [0.29, 0.717) is 31.9 Å². The molecule has 1 heterocycles. The number of nitro benzene ring substituents is 1. The number of non-ortho nitro benzene ring substituents is 1. The zero-order valence-electron chi connectivity index (χ0n) is 10.2. The lowest BCUT2D eigenvalue weighted by molar-refractivity contribution is -0.384. The molecule has 6 nitrogen and oxygen atoms in total. The Bertz CT molecular complexity index is 499. The number of nitrogens with zero attached hydrogens (tertiary/aromatic N) is 2. The molecule has 19 heavy (non-hydrogen) atoms. The number of ether oxygens (including phenoxy) is 1. The van der Waals surface area contributed by atoms with Gasteiger partial charge in [0, 0.05) is 35.4 Å². The molecular weight excluding hydrogens is 363 g/mol. The van der Waals surface area contributed by atoms with Gasteiger partial charge in [0.2, 0.25) is 0 Å². The first-order valence-corrected chi connectivity index (χ1v) is 6.98. The quantitative estimate of drug-likeness (QED) is 0.450. The summed E-state index contributed by atoms with van der Waals surface area (Å²) in [6.07, 6.45) is 0.789. The van der Waals surface area contributed by atoms with Crippen LogP contribution in [0.25, 0.3) is 0 Å². The summed E-state index contributed by atoms with van der Waals surface area (Å²) < 4.78 is 6.02. The molecule has 1 amide bonds. The van der Waals surface area contributed by atoms with E-state index in [1.54, 1.807) is 11.0 Å². The second-order valence-electron chi connectivity index (χ2n) is 4.18. The van der Waals surface area contributed by atoms with Crippen LogP contribution in [0.4, 0.5) is 5.69 Å². The van der Waals surface area contributed by atoms with E-state index in [-0.39, 0.29) is 11.6 Å². The summed E-state index contributed by atoms with van der Waals surface area (Å²) in [5.74, 6) is -0.168. The van der Waals surface area contributed by atoms with Crippen LogP contribution in [0.15, 0.2) is 18.2 Å². The second-order valence-corrected chi connectivity index (χ2v) is 5.34. The minimum Gasteiger partial charge on any atom is -0.380 e. The van der Waals surface area contributed by atoms with Gasteiger partial charge in [-0.1, -0.05) is 0 Å². The molecule has 1 aromatic rings. The Morgan fingerprint density at radius 1 is 1.37 bits per heavy atom. The van der Waals surface area contributed by atoms with Gasteiger partial charge in [0.25, 0.3) is 11.6 Å². The van der Waals surface area contributed by atoms with Crippen molar-refractivity contribution in [2.24, 2.45) is 0 Å². The largest absolute Gasteiger partial charge is 0.380 e. The van der Waals surface area contributed by atoms with Gasteiger partial charge in [0.15, 0.2) is 0 Å². The molecule has 7 heteroatoms. The summed E-state index contributed by atoms with van der Waals surface area (Å²) in [6.45, 7) is 2.31. The van der Waals surface area contributed by atoms with E-state index >= 15 is 0 Å². The summed E-state index contributed by atoms with van der Waals surface area (Å²) >= 11 is 2.02. The summed E-state index contributed by atoms with van der Waals surface area (Å²) in [6, 6.07) is 4.35. The highest BCUT2D eigenvalue weighted by molar-refractivity contribution is 14.1. The number of hydrogen-bond donors (Lipinski definition) is 0. The summed E-state index contributed by atoms with van der Waals surface area (Å²) in [7, 11) is 0. The Balaban J connectivity index is 2.26. The van der Waals surface area contributed by atoms with Crippen LogP contribution in [0.2, 0.25) is 0 Å². The molecule has 0 bridgehead atoms. The number of carbonyl (C=O) groups is 1. The van der Waals surface area contributed by atoms with E-state index in [1.165, 1.54) is 12.1 Å². The smallest absolute Gasteiger partial charge is 0.270 e. The van der Waals surface area contributed by atoms with Gasteiger partial charge < -0.3 is 9.64 Å². The van der Waals surface area contributed by atoms with E-state index in [1.807, 2.05) is 22.6 Å². The van der Waals surface area contributed by atoms with Gasteiger partial charge in [-0.15, -0.1) is 0 Å². The fraction of sp³-hybridized carbons (Fsp3) is 0.417. The second kappa shape index (κ2) is 6.29. The van der Waals surface area contributed by atoms with Crippen molar-refractivity contribution in [2.75, 3.05) is 26.3 Å². The Hall–Kier alpha value is -1.22. The molecule has 0 aliphatic carbocycles. The molecule has 0 aromatic heterocycles. The Labute approximate surface area is 124 Å². The van der Waals surface area contributed by atoms with Gasteiger partial charge in [-0.25, -0.2) is 0 Å². The van der Waals surface area contributed by atoms with Gasteiger partial charge in [-0.05, 0) is 35.1 Å². The van der Waals surface area contributed by atoms with Crippen LogP contribution in [-0.4, -0.2) is 42.0 Å². The van der Waals surface area contributed by atoms with Crippen LogP contribution in [-0.2, 0) is 4.74 Å². The molecule has 2 rings (SSSR count). The third-order valence-corrected chi connectivity index (χ3v) is 3.84. The molecule has 0 N–H and O–H groups in total. The van der Waals surface area contributed by atoms with Crippen LogP contribution >= 0.6 is 22.6 Å². The summed E-state index contributed by atoms with van der Waals surface area (Å²) in [5, 5.41) is 10.8. The number of rotatable bonds is 2. The standard InChI is InChI=1S/C12H13IN2O4/c13-11-3-2-9(15(17)18)8-10(11)12(16)14-4-1-6-19-7-5-14/h2-3,8H,1,4-7H2. The molecule has 0 atom stereocenters. The SMILES string of the molecule is O=C(c1cc([N+](=O)[O-])ccc1I)N1CCCOCC1. The highest BCUT2D eigenvalue weighted by Gasteiger charge is 2.21. The van der Waals surface area contributed by atoms with Gasteiger partial charge in [0.1, 0.15) is 0 Å². The number of halogens is 1. The zero-order valence-corrected chi connectivity index (χ0v) is 12.3. The fourth-order valence-electron chi connectivity index (χ4n) is 1.91. The van der Waals surface area contributed by atoms with Gasteiger partial charge in [-0.3, -0.25) is 14.9 Å². The normalized spacial score (nSPS) is 15.9. The average Bonchev–Trinajstić information content (AvgIpc) is 2.67. The Kier molecular flexibility index (Phi) is 4.70. The molecule has 1 aliphatic heterocycles. The van der Waals surface area contributed by atoms with E-state index in [4.69, 9.17) is 4.74 Å².